The molecule has 1 amide bonds. The van der Waals surface area contributed by atoms with Crippen molar-refractivity contribution in [2.45, 2.75) is 13.3 Å². The molecule has 0 bridgehead atoms. The summed E-state index contributed by atoms with van der Waals surface area (Å²) in [6, 6.07) is 12.7. The van der Waals surface area contributed by atoms with Gasteiger partial charge in [-0.3, -0.25) is 4.79 Å². The SMILES string of the molecule is Cc1cccc(OCCC(=O)Nc2c(Cl)cccc2Cl)c1. The number of anilines is 1. The van der Waals surface area contributed by atoms with Crippen LogP contribution in [0.2, 0.25) is 10.0 Å². The van der Waals surface area contributed by atoms with Gasteiger partial charge in [-0.2, -0.15) is 0 Å². The minimum absolute atomic E-state index is 0.197. The first kappa shape index (κ1) is 15.7. The third-order valence-corrected chi connectivity index (χ3v) is 3.44. The Labute approximate surface area is 133 Å². The minimum Gasteiger partial charge on any atom is -0.493 e. The fourth-order valence-corrected chi connectivity index (χ4v) is 2.28. The summed E-state index contributed by atoms with van der Waals surface area (Å²) in [7, 11) is 0. The van der Waals surface area contributed by atoms with Crippen molar-refractivity contribution in [1.82, 2.24) is 0 Å². The second-order valence-corrected chi connectivity index (χ2v) is 5.37. The van der Waals surface area contributed by atoms with Crippen LogP contribution in [0.5, 0.6) is 5.75 Å². The van der Waals surface area contributed by atoms with Crippen LogP contribution in [-0.4, -0.2) is 12.5 Å². The third kappa shape index (κ3) is 4.66. The Balaban J connectivity index is 1.85. The molecular formula is C16H15Cl2NO2. The van der Waals surface area contributed by atoms with Crippen LogP contribution in [0.4, 0.5) is 5.69 Å². The molecule has 2 aromatic carbocycles. The molecular weight excluding hydrogens is 309 g/mol. The molecule has 0 spiro atoms. The van der Waals surface area contributed by atoms with E-state index < -0.39 is 0 Å². The van der Waals surface area contributed by atoms with Crippen LogP contribution in [0.1, 0.15) is 12.0 Å². The second-order valence-electron chi connectivity index (χ2n) is 4.56. The molecule has 21 heavy (non-hydrogen) atoms. The molecule has 0 heterocycles. The molecule has 0 aliphatic heterocycles. The average molecular weight is 324 g/mol. The Kier molecular flexibility index (Phi) is 5.48. The topological polar surface area (TPSA) is 38.3 Å². The summed E-state index contributed by atoms with van der Waals surface area (Å²) >= 11 is 12.0. The predicted molar refractivity (Wildman–Crippen MR) is 86.4 cm³/mol. The van der Waals surface area contributed by atoms with Gasteiger partial charge in [-0.15, -0.1) is 0 Å². The maximum absolute atomic E-state index is 11.9. The first-order valence-electron chi connectivity index (χ1n) is 6.49. The zero-order valence-electron chi connectivity index (χ0n) is 11.5. The van der Waals surface area contributed by atoms with Crippen molar-refractivity contribution in [1.29, 1.82) is 0 Å². The van der Waals surface area contributed by atoms with Gasteiger partial charge < -0.3 is 10.1 Å². The highest BCUT2D eigenvalue weighted by atomic mass is 35.5. The maximum atomic E-state index is 11.9. The molecule has 0 saturated heterocycles. The lowest BCUT2D eigenvalue weighted by Gasteiger charge is -2.10. The van der Waals surface area contributed by atoms with Crippen molar-refractivity contribution >= 4 is 34.8 Å². The third-order valence-electron chi connectivity index (χ3n) is 2.81. The molecule has 0 aliphatic carbocycles. The summed E-state index contributed by atoms with van der Waals surface area (Å²) < 4.78 is 5.53. The molecule has 0 aromatic heterocycles. The van der Waals surface area contributed by atoms with E-state index in [-0.39, 0.29) is 18.9 Å². The molecule has 0 saturated carbocycles. The van der Waals surface area contributed by atoms with E-state index in [0.29, 0.717) is 15.7 Å². The number of halogens is 2. The summed E-state index contributed by atoms with van der Waals surface area (Å²) in [6.07, 6.45) is 0.218. The molecule has 0 radical (unpaired) electrons. The summed E-state index contributed by atoms with van der Waals surface area (Å²) in [5.41, 5.74) is 1.54. The van der Waals surface area contributed by atoms with Crippen molar-refractivity contribution in [2.75, 3.05) is 11.9 Å². The van der Waals surface area contributed by atoms with Gasteiger partial charge in [0.05, 0.1) is 28.8 Å². The second kappa shape index (κ2) is 7.34. The summed E-state index contributed by atoms with van der Waals surface area (Å²) in [4.78, 5) is 11.9. The Hall–Kier alpha value is -1.71. The molecule has 0 unspecified atom stereocenters. The van der Waals surface area contributed by atoms with Gasteiger partial charge in [-0.1, -0.05) is 41.4 Å². The van der Waals surface area contributed by atoms with Crippen molar-refractivity contribution < 1.29 is 9.53 Å². The number of hydrogen-bond acceptors (Lipinski definition) is 2. The van der Waals surface area contributed by atoms with Gasteiger partial charge in [-0.25, -0.2) is 0 Å². The summed E-state index contributed by atoms with van der Waals surface area (Å²) in [6.45, 7) is 2.27. The van der Waals surface area contributed by atoms with Crippen LogP contribution >= 0.6 is 23.2 Å². The lowest BCUT2D eigenvalue weighted by atomic mass is 10.2. The highest BCUT2D eigenvalue weighted by molar-refractivity contribution is 6.39. The molecule has 2 rings (SSSR count). The number of ether oxygens (including phenoxy) is 1. The standard InChI is InChI=1S/C16H15Cl2NO2/c1-11-4-2-5-12(10-11)21-9-8-15(20)19-16-13(17)6-3-7-14(16)18/h2-7,10H,8-9H2,1H3,(H,19,20). The fraction of sp³-hybridized carbons (Fsp3) is 0.188. The molecule has 2 aromatic rings. The van der Waals surface area contributed by atoms with Crippen LogP contribution in [0.25, 0.3) is 0 Å². The van der Waals surface area contributed by atoms with E-state index in [1.165, 1.54) is 0 Å². The number of amides is 1. The van der Waals surface area contributed by atoms with Crippen molar-refractivity contribution in [3.05, 3.63) is 58.1 Å². The first-order valence-corrected chi connectivity index (χ1v) is 7.25. The smallest absolute Gasteiger partial charge is 0.227 e. The molecule has 0 atom stereocenters. The molecule has 1 N–H and O–H groups in total. The van der Waals surface area contributed by atoms with Crippen molar-refractivity contribution in [2.24, 2.45) is 0 Å². The van der Waals surface area contributed by atoms with Gasteiger partial charge in [0.1, 0.15) is 5.75 Å². The predicted octanol–water partition coefficient (Wildman–Crippen LogP) is 4.71. The minimum atomic E-state index is -0.197. The van der Waals surface area contributed by atoms with Gasteiger partial charge >= 0.3 is 0 Å². The fourth-order valence-electron chi connectivity index (χ4n) is 1.79. The van der Waals surface area contributed by atoms with Crippen LogP contribution in [-0.2, 0) is 4.79 Å². The van der Waals surface area contributed by atoms with E-state index in [2.05, 4.69) is 5.32 Å². The van der Waals surface area contributed by atoms with E-state index in [1.807, 2.05) is 31.2 Å². The van der Waals surface area contributed by atoms with E-state index in [4.69, 9.17) is 27.9 Å². The lowest BCUT2D eigenvalue weighted by Crippen LogP contribution is -2.15. The molecule has 0 fully saturated rings. The lowest BCUT2D eigenvalue weighted by molar-refractivity contribution is -0.116. The Morgan fingerprint density at radius 1 is 1.14 bits per heavy atom. The number of carbonyl (C=O) groups is 1. The molecule has 110 valence electrons. The number of para-hydroxylation sites is 1. The van der Waals surface area contributed by atoms with Crippen molar-refractivity contribution in [3.63, 3.8) is 0 Å². The van der Waals surface area contributed by atoms with Crippen LogP contribution < -0.4 is 10.1 Å². The Morgan fingerprint density at radius 3 is 2.48 bits per heavy atom. The monoisotopic (exact) mass is 323 g/mol. The number of rotatable bonds is 5. The number of carbonyl (C=O) groups excluding carboxylic acids is 1. The zero-order chi connectivity index (χ0) is 15.2. The highest BCUT2D eigenvalue weighted by Gasteiger charge is 2.09. The van der Waals surface area contributed by atoms with Gasteiger partial charge in [0.25, 0.3) is 0 Å². The number of aryl methyl sites for hydroxylation is 1. The van der Waals surface area contributed by atoms with Gasteiger partial charge in [-0.05, 0) is 36.8 Å². The number of benzene rings is 2. The number of hydrogen-bond donors (Lipinski definition) is 1. The van der Waals surface area contributed by atoms with Gasteiger partial charge in [0.15, 0.2) is 0 Å². The average Bonchev–Trinajstić information content (AvgIpc) is 2.43. The summed E-state index contributed by atoms with van der Waals surface area (Å²) in [5.74, 6) is 0.552. The number of nitrogens with one attached hydrogen (secondary N) is 1. The van der Waals surface area contributed by atoms with Gasteiger partial charge in [0, 0.05) is 0 Å². The molecule has 5 heteroatoms. The van der Waals surface area contributed by atoms with Gasteiger partial charge in [0.2, 0.25) is 5.91 Å². The van der Waals surface area contributed by atoms with E-state index in [0.717, 1.165) is 11.3 Å². The van der Waals surface area contributed by atoms with E-state index in [1.54, 1.807) is 18.2 Å². The largest absolute Gasteiger partial charge is 0.493 e. The van der Waals surface area contributed by atoms with Crippen LogP contribution in [0.15, 0.2) is 42.5 Å². The maximum Gasteiger partial charge on any atom is 0.227 e. The highest BCUT2D eigenvalue weighted by Crippen LogP contribution is 2.29. The first-order chi connectivity index (χ1) is 10.1. The van der Waals surface area contributed by atoms with E-state index >= 15 is 0 Å². The molecule has 0 aliphatic rings. The van der Waals surface area contributed by atoms with Crippen LogP contribution in [0.3, 0.4) is 0 Å². The van der Waals surface area contributed by atoms with Crippen molar-refractivity contribution in [3.8, 4) is 5.75 Å². The zero-order valence-corrected chi connectivity index (χ0v) is 13.0. The summed E-state index contributed by atoms with van der Waals surface area (Å²) in [5, 5.41) is 3.52. The normalized spacial score (nSPS) is 10.2. The molecule has 3 nitrogen and oxygen atoms in total. The van der Waals surface area contributed by atoms with Crippen LogP contribution in [0, 0.1) is 6.92 Å². The quantitative estimate of drug-likeness (QED) is 0.865. The Morgan fingerprint density at radius 2 is 1.81 bits per heavy atom. The van der Waals surface area contributed by atoms with E-state index in [9.17, 15) is 4.79 Å². The Bertz CT molecular complexity index is 624.